The summed E-state index contributed by atoms with van der Waals surface area (Å²) in [5.74, 6) is 0. The van der Waals surface area contributed by atoms with Crippen molar-refractivity contribution >= 4 is 0 Å². The van der Waals surface area contributed by atoms with Gasteiger partial charge in [-0.1, -0.05) is 13.8 Å². The van der Waals surface area contributed by atoms with Gasteiger partial charge in [-0.15, -0.1) is 0 Å². The van der Waals surface area contributed by atoms with Crippen molar-refractivity contribution in [3.8, 4) is 0 Å². The van der Waals surface area contributed by atoms with E-state index in [-0.39, 0.29) is 6.04 Å². The van der Waals surface area contributed by atoms with E-state index in [1.165, 1.54) is 5.56 Å². The molecule has 2 heterocycles. The molecule has 0 aliphatic carbocycles. The highest BCUT2D eigenvalue weighted by Crippen LogP contribution is 2.20. The first-order valence-electron chi connectivity index (χ1n) is 6.98. The van der Waals surface area contributed by atoms with Gasteiger partial charge in [-0.25, -0.2) is 4.98 Å². The van der Waals surface area contributed by atoms with E-state index in [0.717, 1.165) is 31.6 Å². The molecule has 0 fully saturated rings. The molecule has 0 amide bonds. The smallest absolute Gasteiger partial charge is 0.0947 e. The van der Waals surface area contributed by atoms with E-state index in [4.69, 9.17) is 0 Å². The van der Waals surface area contributed by atoms with Crippen LogP contribution in [0.1, 0.15) is 44.0 Å². The lowest BCUT2D eigenvalue weighted by atomic mass is 10.1. The lowest BCUT2D eigenvalue weighted by Crippen LogP contribution is -2.23. The molecule has 0 spiro atoms. The Bertz CT molecular complexity index is 499. The van der Waals surface area contributed by atoms with Crippen LogP contribution in [-0.4, -0.2) is 25.9 Å². The highest BCUT2D eigenvalue weighted by atomic mass is 15.3. The zero-order valence-corrected chi connectivity index (χ0v) is 12.0. The molecular weight excluding hydrogens is 238 g/mol. The Morgan fingerprint density at radius 2 is 2.11 bits per heavy atom. The summed E-state index contributed by atoms with van der Waals surface area (Å²) in [4.78, 5) is 4.46. The first-order chi connectivity index (χ1) is 9.24. The van der Waals surface area contributed by atoms with Crippen molar-refractivity contribution in [1.29, 1.82) is 0 Å². The molecule has 19 heavy (non-hydrogen) atoms. The van der Waals surface area contributed by atoms with Gasteiger partial charge in [0.1, 0.15) is 0 Å². The summed E-state index contributed by atoms with van der Waals surface area (Å²) in [5.41, 5.74) is 2.23. The Hall–Kier alpha value is -1.62. The van der Waals surface area contributed by atoms with E-state index in [9.17, 15) is 0 Å². The fraction of sp³-hybridized carbons (Fsp3) is 0.571. The van der Waals surface area contributed by atoms with Crippen LogP contribution in [0.15, 0.2) is 24.9 Å². The van der Waals surface area contributed by atoms with Crippen molar-refractivity contribution in [2.24, 2.45) is 7.05 Å². The van der Waals surface area contributed by atoms with E-state index < -0.39 is 0 Å². The summed E-state index contributed by atoms with van der Waals surface area (Å²) >= 11 is 0. The first kappa shape index (κ1) is 13.8. The van der Waals surface area contributed by atoms with E-state index in [1.54, 1.807) is 0 Å². The van der Waals surface area contributed by atoms with Crippen LogP contribution in [-0.2, 0) is 13.6 Å². The van der Waals surface area contributed by atoms with Crippen LogP contribution in [0.4, 0.5) is 0 Å². The number of aromatic nitrogens is 4. The third-order valence-corrected chi connectivity index (χ3v) is 3.06. The summed E-state index contributed by atoms with van der Waals surface area (Å²) in [5, 5.41) is 7.95. The molecule has 0 aliphatic rings. The topological polar surface area (TPSA) is 47.7 Å². The molecule has 0 bridgehead atoms. The molecule has 0 aliphatic heterocycles. The van der Waals surface area contributed by atoms with Gasteiger partial charge in [0, 0.05) is 31.5 Å². The molecule has 5 heteroatoms. The molecule has 2 aromatic heterocycles. The van der Waals surface area contributed by atoms with Crippen LogP contribution in [0.2, 0.25) is 0 Å². The molecule has 1 unspecified atom stereocenters. The predicted octanol–water partition coefficient (Wildman–Crippen LogP) is 2.12. The molecule has 5 nitrogen and oxygen atoms in total. The minimum Gasteiger partial charge on any atom is -0.340 e. The summed E-state index contributed by atoms with van der Waals surface area (Å²) in [7, 11) is 1.99. The van der Waals surface area contributed by atoms with Crippen LogP contribution in [0.3, 0.4) is 0 Å². The SMILES string of the molecule is CCCNC(c1cnn(CCC)c1)c1cn(C)cn1. The van der Waals surface area contributed by atoms with Gasteiger partial charge in [0.2, 0.25) is 0 Å². The Morgan fingerprint density at radius 3 is 2.74 bits per heavy atom. The van der Waals surface area contributed by atoms with Crippen molar-refractivity contribution in [3.05, 3.63) is 36.2 Å². The van der Waals surface area contributed by atoms with Gasteiger partial charge in [0.15, 0.2) is 0 Å². The highest BCUT2D eigenvalue weighted by molar-refractivity contribution is 5.22. The Kier molecular flexibility index (Phi) is 4.74. The standard InChI is InChI=1S/C14H23N5/c1-4-6-15-14(13-10-18(3)11-16-13)12-8-17-19(9-12)7-5-2/h8-11,14-15H,4-7H2,1-3H3. The first-order valence-corrected chi connectivity index (χ1v) is 6.98. The second kappa shape index (κ2) is 6.52. The minimum atomic E-state index is 0.131. The number of hydrogen-bond acceptors (Lipinski definition) is 3. The van der Waals surface area contributed by atoms with Crippen LogP contribution < -0.4 is 5.32 Å². The van der Waals surface area contributed by atoms with Crippen molar-refractivity contribution in [2.75, 3.05) is 6.54 Å². The van der Waals surface area contributed by atoms with Crippen molar-refractivity contribution in [1.82, 2.24) is 24.6 Å². The van der Waals surface area contributed by atoms with E-state index in [2.05, 4.69) is 41.6 Å². The fourth-order valence-corrected chi connectivity index (χ4v) is 2.14. The largest absolute Gasteiger partial charge is 0.340 e. The summed E-state index contributed by atoms with van der Waals surface area (Å²) < 4.78 is 3.98. The van der Waals surface area contributed by atoms with Gasteiger partial charge in [0.25, 0.3) is 0 Å². The van der Waals surface area contributed by atoms with Gasteiger partial charge < -0.3 is 9.88 Å². The van der Waals surface area contributed by atoms with Crippen LogP contribution >= 0.6 is 0 Å². The van der Waals surface area contributed by atoms with Crippen molar-refractivity contribution in [3.63, 3.8) is 0 Å². The molecule has 0 radical (unpaired) electrons. The van der Waals surface area contributed by atoms with Crippen molar-refractivity contribution < 1.29 is 0 Å². The van der Waals surface area contributed by atoms with Crippen LogP contribution in [0.25, 0.3) is 0 Å². The zero-order valence-electron chi connectivity index (χ0n) is 12.0. The van der Waals surface area contributed by atoms with Crippen LogP contribution in [0, 0.1) is 0 Å². The van der Waals surface area contributed by atoms with Gasteiger partial charge >= 0.3 is 0 Å². The molecule has 0 aromatic carbocycles. The average molecular weight is 261 g/mol. The van der Waals surface area contributed by atoms with Gasteiger partial charge in [-0.05, 0) is 19.4 Å². The molecule has 2 aromatic rings. The maximum atomic E-state index is 4.46. The molecule has 2 rings (SSSR count). The number of aryl methyl sites for hydroxylation is 2. The quantitative estimate of drug-likeness (QED) is 0.830. The summed E-state index contributed by atoms with van der Waals surface area (Å²) in [6.45, 7) is 6.26. The molecular formula is C14H23N5. The third-order valence-electron chi connectivity index (χ3n) is 3.06. The average Bonchev–Trinajstić information content (AvgIpc) is 3.01. The highest BCUT2D eigenvalue weighted by Gasteiger charge is 2.17. The predicted molar refractivity (Wildman–Crippen MR) is 75.9 cm³/mol. The maximum absolute atomic E-state index is 4.46. The van der Waals surface area contributed by atoms with Gasteiger partial charge in [0.05, 0.1) is 24.3 Å². The molecule has 0 saturated heterocycles. The second-order valence-electron chi connectivity index (χ2n) is 4.89. The Labute approximate surface area is 114 Å². The minimum absolute atomic E-state index is 0.131. The molecule has 104 valence electrons. The number of nitrogens with zero attached hydrogens (tertiary/aromatic N) is 4. The monoisotopic (exact) mass is 261 g/mol. The maximum Gasteiger partial charge on any atom is 0.0947 e. The lowest BCUT2D eigenvalue weighted by Gasteiger charge is -2.14. The van der Waals surface area contributed by atoms with Crippen LogP contribution in [0.5, 0.6) is 0 Å². The summed E-state index contributed by atoms with van der Waals surface area (Å²) in [6.07, 6.45) is 10.2. The van der Waals surface area contributed by atoms with E-state index in [0.29, 0.717) is 0 Å². The number of rotatable bonds is 7. The van der Waals surface area contributed by atoms with Crippen molar-refractivity contribution in [2.45, 2.75) is 39.3 Å². The van der Waals surface area contributed by atoms with E-state index >= 15 is 0 Å². The number of imidazole rings is 1. The Balaban J connectivity index is 2.20. The second-order valence-corrected chi connectivity index (χ2v) is 4.89. The van der Waals surface area contributed by atoms with Gasteiger partial charge in [-0.2, -0.15) is 5.10 Å². The van der Waals surface area contributed by atoms with Gasteiger partial charge in [-0.3, -0.25) is 4.68 Å². The summed E-state index contributed by atoms with van der Waals surface area (Å²) in [6, 6.07) is 0.131. The molecule has 0 saturated carbocycles. The third kappa shape index (κ3) is 3.44. The Morgan fingerprint density at radius 1 is 1.26 bits per heavy atom. The molecule has 1 atom stereocenters. The fourth-order valence-electron chi connectivity index (χ4n) is 2.14. The lowest BCUT2D eigenvalue weighted by molar-refractivity contribution is 0.581. The number of nitrogens with one attached hydrogen (secondary N) is 1. The molecule has 1 N–H and O–H groups in total. The van der Waals surface area contributed by atoms with E-state index in [1.807, 2.05) is 28.8 Å². The normalized spacial score (nSPS) is 12.8. The number of hydrogen-bond donors (Lipinski definition) is 1. The zero-order chi connectivity index (χ0) is 13.7.